The number of carbonyl (C=O) groups is 3. The summed E-state index contributed by atoms with van der Waals surface area (Å²) in [5.41, 5.74) is 0.534. The molecule has 182 valence electrons. The van der Waals surface area contributed by atoms with Crippen LogP contribution in [0.3, 0.4) is 0 Å². The van der Waals surface area contributed by atoms with Crippen molar-refractivity contribution in [2.45, 2.75) is 32.3 Å². The highest BCUT2D eigenvalue weighted by atomic mass is 19.3. The zero-order chi connectivity index (χ0) is 24.1. The summed E-state index contributed by atoms with van der Waals surface area (Å²) >= 11 is 0. The van der Waals surface area contributed by atoms with Gasteiger partial charge in [0.2, 0.25) is 5.91 Å². The number of hydrogen-bond acceptors (Lipinski definition) is 6. The Morgan fingerprint density at radius 3 is 2.61 bits per heavy atom. The van der Waals surface area contributed by atoms with Crippen molar-refractivity contribution >= 4 is 29.3 Å². The Kier molecular flexibility index (Phi) is 8.01. The number of ether oxygens (including phenoxy) is 1. The molecule has 0 spiro atoms. The van der Waals surface area contributed by atoms with Gasteiger partial charge >= 0.3 is 12.5 Å². The number of cyclic esters (lactones) is 1. The number of likely N-dealkylation sites (N-methyl/N-ethyl adjacent to an activating group) is 1. The summed E-state index contributed by atoms with van der Waals surface area (Å²) in [5, 5.41) is 3.29. The molecule has 2 fully saturated rings. The lowest BCUT2D eigenvalue weighted by Gasteiger charge is -2.28. The van der Waals surface area contributed by atoms with E-state index in [-0.39, 0.29) is 37.1 Å². The van der Waals surface area contributed by atoms with Crippen molar-refractivity contribution in [2.24, 2.45) is 5.92 Å². The van der Waals surface area contributed by atoms with Crippen molar-refractivity contribution in [1.29, 1.82) is 0 Å². The van der Waals surface area contributed by atoms with E-state index in [1.54, 1.807) is 11.0 Å². The molecule has 0 bridgehead atoms. The molecular formula is C21H27F3N4O5. The lowest BCUT2D eigenvalue weighted by atomic mass is 10.2. The fourth-order valence-corrected chi connectivity index (χ4v) is 3.54. The maximum atomic E-state index is 14.9. The smallest absolute Gasteiger partial charge is 0.414 e. The Morgan fingerprint density at radius 1 is 1.30 bits per heavy atom. The number of benzene rings is 1. The normalized spacial score (nSPS) is 17.8. The van der Waals surface area contributed by atoms with Gasteiger partial charge in [-0.05, 0) is 38.0 Å². The van der Waals surface area contributed by atoms with E-state index in [0.29, 0.717) is 18.8 Å². The summed E-state index contributed by atoms with van der Waals surface area (Å²) in [6.07, 6.45) is -3.06. The van der Waals surface area contributed by atoms with Crippen LogP contribution in [0.15, 0.2) is 18.2 Å². The van der Waals surface area contributed by atoms with Crippen LogP contribution in [-0.4, -0.2) is 75.3 Å². The molecule has 1 N–H and O–H groups in total. The highest BCUT2D eigenvalue weighted by Crippen LogP contribution is 2.31. The van der Waals surface area contributed by atoms with Crippen LogP contribution in [0.4, 0.5) is 29.3 Å². The molecule has 1 atom stereocenters. The van der Waals surface area contributed by atoms with E-state index in [9.17, 15) is 27.6 Å². The minimum atomic E-state index is -3.16. The van der Waals surface area contributed by atoms with Crippen LogP contribution in [0.2, 0.25) is 0 Å². The van der Waals surface area contributed by atoms with Gasteiger partial charge in [-0.2, -0.15) is 8.78 Å². The number of carbonyl (C=O) groups excluding carboxylic acids is 3. The molecule has 1 aliphatic carbocycles. The van der Waals surface area contributed by atoms with Crippen LogP contribution in [0.5, 0.6) is 0 Å². The van der Waals surface area contributed by atoms with Crippen LogP contribution in [-0.2, 0) is 19.2 Å². The minimum absolute atomic E-state index is 0.00350. The Bertz CT molecular complexity index is 883. The first kappa shape index (κ1) is 24.6. The zero-order valence-electron chi connectivity index (χ0n) is 18.4. The molecule has 1 aromatic carbocycles. The van der Waals surface area contributed by atoms with Crippen molar-refractivity contribution < 1.29 is 37.1 Å². The third kappa shape index (κ3) is 6.06. The molecule has 1 aromatic rings. The van der Waals surface area contributed by atoms with Crippen LogP contribution < -0.4 is 15.1 Å². The van der Waals surface area contributed by atoms with Gasteiger partial charge in [0.15, 0.2) is 0 Å². The summed E-state index contributed by atoms with van der Waals surface area (Å²) < 4.78 is 44.6. The molecule has 0 unspecified atom stereocenters. The maximum Gasteiger partial charge on any atom is 0.414 e. The van der Waals surface area contributed by atoms with Crippen molar-refractivity contribution in [1.82, 2.24) is 10.4 Å². The van der Waals surface area contributed by atoms with Crippen LogP contribution >= 0.6 is 0 Å². The summed E-state index contributed by atoms with van der Waals surface area (Å²) in [5.74, 6) is -2.10. The topological polar surface area (TPSA) is 91.4 Å². The summed E-state index contributed by atoms with van der Waals surface area (Å²) in [6, 6.07) is 4.25. The molecule has 0 radical (unpaired) electrons. The number of nitrogens with zero attached hydrogens (tertiary/aromatic N) is 3. The van der Waals surface area contributed by atoms with Gasteiger partial charge in [0, 0.05) is 19.0 Å². The van der Waals surface area contributed by atoms with Crippen LogP contribution in [0.1, 0.15) is 19.8 Å². The van der Waals surface area contributed by atoms with E-state index < -0.39 is 30.3 Å². The van der Waals surface area contributed by atoms with Crippen molar-refractivity contribution in [3.05, 3.63) is 24.0 Å². The molecule has 1 saturated carbocycles. The van der Waals surface area contributed by atoms with Gasteiger partial charge in [-0.25, -0.2) is 14.2 Å². The Hall–Kier alpha value is -3.02. The number of anilines is 2. The van der Waals surface area contributed by atoms with E-state index in [1.807, 2.05) is 12.2 Å². The SMILES string of the molecule is CCN(CCN(OC)C(=O)C1CC1)c1ccc(N2C[C@H](CNC(=O)C(F)F)OC2=O)cc1F. The van der Waals surface area contributed by atoms with Crippen molar-refractivity contribution in [2.75, 3.05) is 49.6 Å². The Labute approximate surface area is 189 Å². The van der Waals surface area contributed by atoms with Crippen molar-refractivity contribution in [3.8, 4) is 0 Å². The molecule has 12 heteroatoms. The van der Waals surface area contributed by atoms with Gasteiger partial charge in [0.25, 0.3) is 5.91 Å². The van der Waals surface area contributed by atoms with Crippen LogP contribution in [0, 0.1) is 11.7 Å². The van der Waals surface area contributed by atoms with Gasteiger partial charge < -0.3 is 15.0 Å². The number of nitrogens with one attached hydrogen (secondary N) is 1. The molecule has 2 aliphatic rings. The molecule has 1 heterocycles. The summed E-state index contributed by atoms with van der Waals surface area (Å²) in [4.78, 5) is 43.4. The summed E-state index contributed by atoms with van der Waals surface area (Å²) in [6.45, 7) is 2.64. The third-order valence-corrected chi connectivity index (χ3v) is 5.51. The number of rotatable bonds is 11. The van der Waals surface area contributed by atoms with E-state index >= 15 is 0 Å². The molecule has 1 aliphatic heterocycles. The fraction of sp³-hybridized carbons (Fsp3) is 0.571. The fourth-order valence-electron chi connectivity index (χ4n) is 3.54. The van der Waals surface area contributed by atoms with Gasteiger partial charge in [-0.15, -0.1) is 0 Å². The molecule has 3 rings (SSSR count). The largest absolute Gasteiger partial charge is 0.442 e. The van der Waals surface area contributed by atoms with Gasteiger partial charge in [-0.3, -0.25) is 19.3 Å². The van der Waals surface area contributed by atoms with Gasteiger partial charge in [0.1, 0.15) is 11.9 Å². The second-order valence-electron chi connectivity index (χ2n) is 7.77. The predicted molar refractivity (Wildman–Crippen MR) is 112 cm³/mol. The molecular weight excluding hydrogens is 445 g/mol. The van der Waals surface area contributed by atoms with E-state index in [1.165, 1.54) is 29.2 Å². The summed E-state index contributed by atoms with van der Waals surface area (Å²) in [7, 11) is 1.42. The quantitative estimate of drug-likeness (QED) is 0.497. The van der Waals surface area contributed by atoms with Gasteiger partial charge in [-0.1, -0.05) is 0 Å². The van der Waals surface area contributed by atoms with Crippen molar-refractivity contribution in [3.63, 3.8) is 0 Å². The minimum Gasteiger partial charge on any atom is -0.442 e. The third-order valence-electron chi connectivity index (χ3n) is 5.51. The lowest BCUT2D eigenvalue weighted by Crippen LogP contribution is -2.39. The second-order valence-corrected chi connectivity index (χ2v) is 7.77. The second kappa shape index (κ2) is 10.7. The molecule has 3 amide bonds. The number of halogens is 3. The lowest BCUT2D eigenvalue weighted by molar-refractivity contribution is -0.176. The first-order chi connectivity index (χ1) is 15.7. The number of hydrogen-bond donors (Lipinski definition) is 1. The van der Waals surface area contributed by atoms with E-state index in [0.717, 1.165) is 12.8 Å². The number of alkyl halides is 2. The predicted octanol–water partition coefficient (Wildman–Crippen LogP) is 2.16. The number of amides is 3. The average molecular weight is 472 g/mol. The zero-order valence-corrected chi connectivity index (χ0v) is 18.4. The Morgan fingerprint density at radius 2 is 2.03 bits per heavy atom. The first-order valence-electron chi connectivity index (χ1n) is 10.7. The molecule has 9 nitrogen and oxygen atoms in total. The standard InChI is InChI=1S/C21H27F3N4O5/c1-3-26(8-9-28(32-2)20(30)13-4-5-13)17-7-6-14(10-16(17)22)27-12-15(33-21(27)31)11-25-19(29)18(23)24/h6-7,10,13,15,18H,3-5,8-9,11-12H2,1-2H3,(H,25,29)/t15-/m0/s1. The molecule has 1 saturated heterocycles. The highest BCUT2D eigenvalue weighted by Gasteiger charge is 2.35. The van der Waals surface area contributed by atoms with Crippen LogP contribution in [0.25, 0.3) is 0 Å². The van der Waals surface area contributed by atoms with E-state index in [4.69, 9.17) is 9.57 Å². The highest BCUT2D eigenvalue weighted by molar-refractivity contribution is 5.90. The first-order valence-corrected chi connectivity index (χ1v) is 10.7. The molecule has 0 aromatic heterocycles. The van der Waals surface area contributed by atoms with Gasteiger partial charge in [0.05, 0.1) is 38.1 Å². The molecule has 33 heavy (non-hydrogen) atoms. The maximum absolute atomic E-state index is 14.9. The Balaban J connectivity index is 1.61. The monoisotopic (exact) mass is 472 g/mol. The van der Waals surface area contributed by atoms with E-state index in [2.05, 4.69) is 0 Å². The average Bonchev–Trinajstić information content (AvgIpc) is 3.57. The number of hydroxylamine groups is 2.